The molecule has 6 heteroatoms. The van der Waals surface area contributed by atoms with Crippen molar-refractivity contribution in [3.8, 4) is 0 Å². The molecule has 0 radical (unpaired) electrons. The van der Waals surface area contributed by atoms with Crippen LogP contribution >= 0.6 is 0 Å². The minimum Gasteiger partial charge on any atom is -0.742 e. The Labute approximate surface area is 74.2 Å². The molecular formula is C7H5N2O3S-. The number of rotatable bonds is 1. The summed E-state index contributed by atoms with van der Waals surface area (Å²) in [6.07, 6.45) is 0. The van der Waals surface area contributed by atoms with Gasteiger partial charge in [0.2, 0.25) is 5.16 Å². The third-order valence-corrected chi connectivity index (χ3v) is 2.27. The lowest BCUT2D eigenvalue weighted by atomic mass is 10.3. The summed E-state index contributed by atoms with van der Waals surface area (Å²) < 4.78 is 31.7. The smallest absolute Gasteiger partial charge is 0.213 e. The number of hydrogen-bond donors (Lipinski definition) is 1. The Morgan fingerprint density at radius 3 is 2.62 bits per heavy atom. The molecule has 5 nitrogen and oxygen atoms in total. The number of aromatic nitrogens is 2. The molecule has 0 aliphatic heterocycles. The summed E-state index contributed by atoms with van der Waals surface area (Å²) in [5.41, 5.74) is 1.01. The number of aromatic amines is 1. The van der Waals surface area contributed by atoms with Gasteiger partial charge in [0.25, 0.3) is 0 Å². The van der Waals surface area contributed by atoms with Crippen LogP contribution in [0.2, 0.25) is 0 Å². The molecule has 0 unspecified atom stereocenters. The van der Waals surface area contributed by atoms with Gasteiger partial charge in [0.1, 0.15) is 0 Å². The summed E-state index contributed by atoms with van der Waals surface area (Å²) in [6, 6.07) is 6.71. The summed E-state index contributed by atoms with van der Waals surface area (Å²) in [7, 11) is -4.48. The predicted molar refractivity (Wildman–Crippen MR) is 44.1 cm³/mol. The van der Waals surface area contributed by atoms with E-state index in [0.717, 1.165) is 0 Å². The minimum absolute atomic E-state index is 0.469. The summed E-state index contributed by atoms with van der Waals surface area (Å²) in [6.45, 7) is 0. The van der Waals surface area contributed by atoms with E-state index in [1.54, 1.807) is 24.3 Å². The van der Waals surface area contributed by atoms with Crippen LogP contribution in [0.25, 0.3) is 11.0 Å². The van der Waals surface area contributed by atoms with E-state index in [9.17, 15) is 13.0 Å². The number of nitrogens with one attached hydrogen (secondary N) is 1. The van der Waals surface area contributed by atoms with Crippen molar-refractivity contribution in [3.05, 3.63) is 24.3 Å². The minimum atomic E-state index is -4.48. The van der Waals surface area contributed by atoms with Crippen molar-refractivity contribution in [1.82, 2.24) is 9.97 Å². The second kappa shape index (κ2) is 2.54. The maximum atomic E-state index is 10.6. The fraction of sp³-hybridized carbons (Fsp3) is 0. The Morgan fingerprint density at radius 2 is 2.00 bits per heavy atom. The first kappa shape index (κ1) is 8.21. The largest absolute Gasteiger partial charge is 0.742 e. The Bertz CT molecular complexity index is 511. The average Bonchev–Trinajstić information content (AvgIpc) is 2.45. The van der Waals surface area contributed by atoms with Gasteiger partial charge in [-0.25, -0.2) is 13.4 Å². The lowest BCUT2D eigenvalue weighted by Gasteiger charge is -1.99. The summed E-state index contributed by atoms with van der Waals surface area (Å²) in [5.74, 6) is 0. The SMILES string of the molecule is O=S(=O)([O-])c1nc2ccccc2[nH]1. The van der Waals surface area contributed by atoms with Crippen LogP contribution in [0.15, 0.2) is 29.4 Å². The highest BCUT2D eigenvalue weighted by Crippen LogP contribution is 2.12. The van der Waals surface area contributed by atoms with Gasteiger partial charge in [-0.2, -0.15) is 0 Å². The highest BCUT2D eigenvalue weighted by molar-refractivity contribution is 7.85. The number of H-pyrrole nitrogens is 1. The molecule has 1 N–H and O–H groups in total. The highest BCUT2D eigenvalue weighted by atomic mass is 32.2. The predicted octanol–water partition coefficient (Wildman–Crippen LogP) is 0.467. The molecule has 2 rings (SSSR count). The fourth-order valence-corrected chi connectivity index (χ4v) is 1.49. The molecule has 0 saturated carbocycles. The van der Waals surface area contributed by atoms with Gasteiger partial charge >= 0.3 is 0 Å². The van der Waals surface area contributed by atoms with E-state index in [4.69, 9.17) is 0 Å². The van der Waals surface area contributed by atoms with Gasteiger partial charge in [0.05, 0.1) is 11.0 Å². The van der Waals surface area contributed by atoms with Gasteiger partial charge < -0.3 is 9.54 Å². The first-order valence-electron chi connectivity index (χ1n) is 3.48. The fourth-order valence-electron chi connectivity index (χ4n) is 1.05. The lowest BCUT2D eigenvalue weighted by Crippen LogP contribution is -2.00. The molecule has 1 heterocycles. The Hall–Kier alpha value is -1.40. The zero-order chi connectivity index (χ0) is 9.47. The van der Waals surface area contributed by atoms with Crippen molar-refractivity contribution in [1.29, 1.82) is 0 Å². The van der Waals surface area contributed by atoms with Gasteiger partial charge in [-0.15, -0.1) is 0 Å². The third-order valence-electron chi connectivity index (χ3n) is 1.60. The van der Waals surface area contributed by atoms with E-state index in [1.165, 1.54) is 0 Å². The van der Waals surface area contributed by atoms with Crippen LogP contribution in [0, 0.1) is 0 Å². The number of imidazole rings is 1. The first-order chi connectivity index (χ1) is 6.07. The molecule has 13 heavy (non-hydrogen) atoms. The molecule has 68 valence electrons. The van der Waals surface area contributed by atoms with Gasteiger partial charge in [-0.3, -0.25) is 0 Å². The second-order valence-electron chi connectivity index (χ2n) is 2.51. The van der Waals surface area contributed by atoms with E-state index >= 15 is 0 Å². The highest BCUT2D eigenvalue weighted by Gasteiger charge is 2.06. The standard InChI is InChI=1S/C7H6N2O3S/c10-13(11,12)7-8-5-3-1-2-4-6(5)9-7/h1-4H,(H,8,9)(H,10,11,12)/p-1. The summed E-state index contributed by atoms with van der Waals surface area (Å²) in [4.78, 5) is 6.05. The van der Waals surface area contributed by atoms with Crippen molar-refractivity contribution in [2.24, 2.45) is 0 Å². The molecule has 0 bridgehead atoms. The van der Waals surface area contributed by atoms with E-state index in [1.807, 2.05) is 0 Å². The molecule has 2 aromatic rings. The zero-order valence-corrected chi connectivity index (χ0v) is 7.21. The van der Waals surface area contributed by atoms with Crippen LogP contribution in [-0.2, 0) is 10.1 Å². The van der Waals surface area contributed by atoms with Gasteiger partial charge in [-0.1, -0.05) is 12.1 Å². The molecule has 1 aromatic heterocycles. The molecule has 0 spiro atoms. The van der Waals surface area contributed by atoms with E-state index in [0.29, 0.717) is 11.0 Å². The van der Waals surface area contributed by atoms with Crippen molar-refractivity contribution < 1.29 is 13.0 Å². The van der Waals surface area contributed by atoms with Crippen molar-refractivity contribution in [3.63, 3.8) is 0 Å². The van der Waals surface area contributed by atoms with Crippen LogP contribution < -0.4 is 0 Å². The van der Waals surface area contributed by atoms with Crippen LogP contribution in [0.1, 0.15) is 0 Å². The van der Waals surface area contributed by atoms with Gasteiger partial charge in [-0.05, 0) is 12.1 Å². The van der Waals surface area contributed by atoms with E-state index < -0.39 is 15.3 Å². The molecule has 0 saturated heterocycles. The van der Waals surface area contributed by atoms with Crippen LogP contribution in [0.3, 0.4) is 0 Å². The number of para-hydroxylation sites is 2. The summed E-state index contributed by atoms with van der Waals surface area (Å²) >= 11 is 0. The van der Waals surface area contributed by atoms with Crippen LogP contribution in [-0.4, -0.2) is 22.9 Å². The van der Waals surface area contributed by atoms with Crippen LogP contribution in [0.5, 0.6) is 0 Å². The molecule has 0 fully saturated rings. The number of nitrogens with zero attached hydrogens (tertiary/aromatic N) is 1. The third kappa shape index (κ3) is 1.41. The van der Waals surface area contributed by atoms with Crippen LogP contribution in [0.4, 0.5) is 0 Å². The van der Waals surface area contributed by atoms with Gasteiger partial charge in [0.15, 0.2) is 10.1 Å². The Morgan fingerprint density at radius 1 is 1.31 bits per heavy atom. The number of benzene rings is 1. The molecular weight excluding hydrogens is 192 g/mol. The normalized spacial score (nSPS) is 12.1. The molecule has 1 aromatic carbocycles. The number of hydrogen-bond acceptors (Lipinski definition) is 4. The van der Waals surface area contributed by atoms with E-state index in [2.05, 4.69) is 9.97 Å². The molecule has 0 aliphatic rings. The number of fused-ring (bicyclic) bond motifs is 1. The maximum Gasteiger partial charge on any atom is 0.213 e. The lowest BCUT2D eigenvalue weighted by molar-refractivity contribution is 0.456. The molecule has 0 amide bonds. The Balaban J connectivity index is 2.77. The van der Waals surface area contributed by atoms with Crippen molar-refractivity contribution in [2.75, 3.05) is 0 Å². The van der Waals surface area contributed by atoms with Crippen molar-refractivity contribution in [2.45, 2.75) is 5.16 Å². The second-order valence-corrected chi connectivity index (χ2v) is 3.81. The van der Waals surface area contributed by atoms with E-state index in [-0.39, 0.29) is 0 Å². The topological polar surface area (TPSA) is 85.9 Å². The van der Waals surface area contributed by atoms with Crippen molar-refractivity contribution >= 4 is 21.2 Å². The molecule has 0 atom stereocenters. The monoisotopic (exact) mass is 197 g/mol. The molecule has 0 aliphatic carbocycles. The average molecular weight is 197 g/mol. The summed E-state index contributed by atoms with van der Waals surface area (Å²) in [5, 5.41) is -0.534. The van der Waals surface area contributed by atoms with Gasteiger partial charge in [0, 0.05) is 0 Å². The zero-order valence-electron chi connectivity index (χ0n) is 6.39. The Kier molecular flexibility index (Phi) is 1.61. The first-order valence-corrected chi connectivity index (χ1v) is 4.89. The maximum absolute atomic E-state index is 10.6. The quantitative estimate of drug-likeness (QED) is 0.673.